The van der Waals surface area contributed by atoms with Gasteiger partial charge in [-0.3, -0.25) is 9.59 Å². The van der Waals surface area contributed by atoms with E-state index >= 15 is 0 Å². The molecule has 0 aromatic carbocycles. The van der Waals surface area contributed by atoms with Crippen molar-refractivity contribution in [2.45, 2.75) is 77.3 Å². The fraction of sp³-hybridized carbons (Fsp3) is 0.696. The molecule has 8 nitrogen and oxygen atoms in total. The summed E-state index contributed by atoms with van der Waals surface area (Å²) >= 11 is 0. The van der Waals surface area contributed by atoms with E-state index in [0.717, 1.165) is 64.8 Å². The Hall–Kier alpha value is -2.19. The maximum atomic E-state index is 12.7. The molecule has 0 saturated carbocycles. The molecule has 2 N–H and O–H groups in total. The van der Waals surface area contributed by atoms with Crippen molar-refractivity contribution in [1.82, 2.24) is 10.2 Å². The lowest BCUT2D eigenvalue weighted by molar-refractivity contribution is -0.122. The van der Waals surface area contributed by atoms with Crippen LogP contribution in [0.3, 0.4) is 0 Å². The molecular formula is C23H36N2O6. The van der Waals surface area contributed by atoms with Gasteiger partial charge in [0.1, 0.15) is 11.3 Å². The van der Waals surface area contributed by atoms with Crippen molar-refractivity contribution in [3.63, 3.8) is 0 Å². The van der Waals surface area contributed by atoms with Gasteiger partial charge in [0.2, 0.25) is 0 Å². The summed E-state index contributed by atoms with van der Waals surface area (Å²) < 4.78 is 10.9. The average Bonchev–Trinajstić information content (AvgIpc) is 2.75. The third-order valence-electron chi connectivity index (χ3n) is 6.17. The first-order chi connectivity index (χ1) is 14.9. The summed E-state index contributed by atoms with van der Waals surface area (Å²) in [6.07, 6.45) is 6.01. The van der Waals surface area contributed by atoms with Gasteiger partial charge in [0.15, 0.2) is 0 Å². The van der Waals surface area contributed by atoms with Crippen LogP contribution in [0, 0.1) is 6.92 Å². The van der Waals surface area contributed by atoms with Crippen LogP contribution in [0.5, 0.6) is 0 Å². The van der Waals surface area contributed by atoms with E-state index in [9.17, 15) is 9.59 Å². The zero-order valence-electron chi connectivity index (χ0n) is 18.9. The van der Waals surface area contributed by atoms with Crippen LogP contribution in [0.4, 0.5) is 0 Å². The van der Waals surface area contributed by atoms with E-state index in [-0.39, 0.29) is 29.9 Å². The number of aryl methyl sites for hydroxylation is 1. The minimum Gasteiger partial charge on any atom is -0.483 e. The normalized spacial score (nSPS) is 19.2. The topological polar surface area (TPSA) is 109 Å². The van der Waals surface area contributed by atoms with Crippen LogP contribution in [0.15, 0.2) is 15.3 Å². The van der Waals surface area contributed by atoms with Crippen molar-refractivity contribution in [3.05, 3.63) is 33.4 Å². The number of hydrogen-bond acceptors (Lipinski definition) is 6. The van der Waals surface area contributed by atoms with Crippen LogP contribution in [0.25, 0.3) is 0 Å². The molecule has 1 unspecified atom stereocenters. The van der Waals surface area contributed by atoms with Gasteiger partial charge in [-0.25, -0.2) is 4.79 Å². The number of rotatable bonds is 6. The van der Waals surface area contributed by atoms with E-state index in [2.05, 4.69) is 17.1 Å². The molecule has 8 heteroatoms. The summed E-state index contributed by atoms with van der Waals surface area (Å²) in [5.74, 6) is 0.555. The van der Waals surface area contributed by atoms with E-state index in [1.165, 1.54) is 0 Å². The molecule has 0 radical (unpaired) electrons. The van der Waals surface area contributed by atoms with Gasteiger partial charge in [-0.05, 0) is 50.7 Å². The summed E-state index contributed by atoms with van der Waals surface area (Å²) in [5.41, 5.74) is 0.334. The fourth-order valence-corrected chi connectivity index (χ4v) is 4.44. The van der Waals surface area contributed by atoms with Gasteiger partial charge in [0.25, 0.3) is 12.4 Å². The van der Waals surface area contributed by atoms with Crippen molar-refractivity contribution >= 4 is 12.4 Å². The van der Waals surface area contributed by atoms with Crippen LogP contribution in [0.2, 0.25) is 0 Å². The van der Waals surface area contributed by atoms with Crippen molar-refractivity contribution < 1.29 is 23.8 Å². The Morgan fingerprint density at radius 2 is 1.90 bits per heavy atom. The monoisotopic (exact) mass is 436 g/mol. The molecule has 2 aliphatic rings. The number of carbonyl (C=O) groups is 2. The number of hydrogen-bond donors (Lipinski definition) is 2. The molecule has 2 fully saturated rings. The van der Waals surface area contributed by atoms with E-state index < -0.39 is 5.63 Å². The summed E-state index contributed by atoms with van der Waals surface area (Å²) in [4.78, 5) is 36.1. The van der Waals surface area contributed by atoms with Gasteiger partial charge in [-0.1, -0.05) is 20.3 Å². The van der Waals surface area contributed by atoms with Crippen molar-refractivity contribution in [2.75, 3.05) is 26.3 Å². The Kier molecular flexibility index (Phi) is 10.2. The molecule has 2 saturated heterocycles. The first-order valence-electron chi connectivity index (χ1n) is 11.3. The second-order valence-corrected chi connectivity index (χ2v) is 8.42. The lowest BCUT2D eigenvalue weighted by Crippen LogP contribution is -2.49. The van der Waals surface area contributed by atoms with Gasteiger partial charge in [0.05, 0.1) is 0 Å². The Morgan fingerprint density at radius 3 is 2.45 bits per heavy atom. The first-order valence-corrected chi connectivity index (χ1v) is 11.3. The zero-order chi connectivity index (χ0) is 22.8. The van der Waals surface area contributed by atoms with Gasteiger partial charge < -0.3 is 24.5 Å². The average molecular weight is 437 g/mol. The number of carbonyl (C=O) groups excluding carboxylic acids is 1. The molecular weight excluding hydrogens is 400 g/mol. The highest BCUT2D eigenvalue weighted by atomic mass is 16.5. The highest BCUT2D eigenvalue weighted by molar-refractivity contribution is 5.95. The lowest BCUT2D eigenvalue weighted by atomic mass is 9.98. The number of nitrogens with zero attached hydrogens (tertiary/aromatic N) is 1. The third kappa shape index (κ3) is 7.18. The van der Waals surface area contributed by atoms with Crippen LogP contribution in [-0.2, 0) is 9.53 Å². The highest BCUT2D eigenvalue weighted by Crippen LogP contribution is 2.22. The number of amides is 1. The molecule has 3 heterocycles. The van der Waals surface area contributed by atoms with Gasteiger partial charge in [0, 0.05) is 44.3 Å². The molecule has 0 aliphatic carbocycles. The summed E-state index contributed by atoms with van der Waals surface area (Å²) in [6.45, 7) is 9.39. The summed E-state index contributed by atoms with van der Waals surface area (Å²) in [7, 11) is 0. The quantitative estimate of drug-likeness (QED) is 0.660. The van der Waals surface area contributed by atoms with E-state index in [1.807, 2.05) is 19.9 Å². The molecule has 1 aromatic rings. The van der Waals surface area contributed by atoms with Crippen LogP contribution < -0.4 is 10.9 Å². The number of nitrogens with one attached hydrogen (secondary N) is 1. The number of carboxylic acid groups (broad SMARTS) is 1. The Morgan fingerprint density at radius 1 is 1.29 bits per heavy atom. The molecule has 0 spiro atoms. The van der Waals surface area contributed by atoms with E-state index in [1.54, 1.807) is 0 Å². The SMILES string of the molecule is CCCC(C)c1cc(C)c(C(=O)NC2CCN(C3CCOCC3)CC2)c(=O)o1.O=CO. The molecule has 31 heavy (non-hydrogen) atoms. The van der Waals surface area contributed by atoms with Gasteiger partial charge >= 0.3 is 5.63 Å². The smallest absolute Gasteiger partial charge is 0.349 e. The third-order valence-corrected chi connectivity index (χ3v) is 6.17. The lowest BCUT2D eigenvalue weighted by Gasteiger charge is -2.39. The minimum atomic E-state index is -0.518. The maximum absolute atomic E-state index is 12.7. The van der Waals surface area contributed by atoms with Crippen LogP contribution >= 0.6 is 0 Å². The predicted octanol–water partition coefficient (Wildman–Crippen LogP) is 2.93. The second kappa shape index (κ2) is 12.6. The molecule has 3 rings (SSSR count). The minimum absolute atomic E-state index is 0.112. The largest absolute Gasteiger partial charge is 0.483 e. The van der Waals surface area contributed by atoms with Crippen molar-refractivity contribution in [1.29, 1.82) is 0 Å². The predicted molar refractivity (Wildman–Crippen MR) is 118 cm³/mol. The van der Waals surface area contributed by atoms with Crippen LogP contribution in [-0.4, -0.2) is 60.8 Å². The standard InChI is InChI=1S/C22H34N2O4.CH2O2/c1-4-5-15(2)19-14-16(3)20(22(26)28-19)21(25)23-17-6-10-24(11-7-17)18-8-12-27-13-9-18;2-1-3/h14-15,17-18H,4-13H2,1-3H3,(H,23,25);1H,(H,2,3). The van der Waals surface area contributed by atoms with Crippen molar-refractivity contribution in [3.8, 4) is 0 Å². The Bertz CT molecular complexity index is 764. The fourth-order valence-electron chi connectivity index (χ4n) is 4.44. The van der Waals surface area contributed by atoms with Gasteiger partial charge in [-0.2, -0.15) is 0 Å². The molecule has 2 aliphatic heterocycles. The summed E-state index contributed by atoms with van der Waals surface area (Å²) in [5, 5.41) is 9.95. The van der Waals surface area contributed by atoms with Crippen molar-refractivity contribution in [2.24, 2.45) is 0 Å². The summed E-state index contributed by atoms with van der Waals surface area (Å²) in [6, 6.07) is 2.57. The first kappa shape index (κ1) is 25.1. The van der Waals surface area contributed by atoms with E-state index in [0.29, 0.717) is 17.4 Å². The number of piperidine rings is 1. The number of likely N-dealkylation sites (tertiary alicyclic amines) is 1. The molecule has 174 valence electrons. The molecule has 1 amide bonds. The highest BCUT2D eigenvalue weighted by Gasteiger charge is 2.28. The molecule has 1 atom stereocenters. The Balaban J connectivity index is 0.00000107. The second-order valence-electron chi connectivity index (χ2n) is 8.42. The van der Waals surface area contributed by atoms with Gasteiger partial charge in [-0.15, -0.1) is 0 Å². The molecule has 1 aromatic heterocycles. The maximum Gasteiger partial charge on any atom is 0.349 e. The molecule has 0 bridgehead atoms. The van der Waals surface area contributed by atoms with Crippen LogP contribution in [0.1, 0.15) is 80.0 Å². The zero-order valence-corrected chi connectivity index (χ0v) is 18.9. The Labute approximate surface area is 184 Å². The number of ether oxygens (including phenoxy) is 1. The van der Waals surface area contributed by atoms with E-state index in [4.69, 9.17) is 19.1 Å².